The Labute approximate surface area is 85.4 Å². The molecule has 0 rings (SSSR count). The smallest absolute Gasteiger partial charge is 0.222 e. The molecule has 0 saturated carbocycles. The van der Waals surface area contributed by atoms with E-state index >= 15 is 0 Å². The third kappa shape index (κ3) is 6.46. The van der Waals surface area contributed by atoms with Crippen molar-refractivity contribution in [2.24, 2.45) is 5.92 Å². The third-order valence-corrected chi connectivity index (χ3v) is 1.97. The summed E-state index contributed by atoms with van der Waals surface area (Å²) in [5.74, 6) is 0.0652. The fourth-order valence-electron chi connectivity index (χ4n) is 1.16. The zero-order valence-electron chi connectivity index (χ0n) is 9.22. The van der Waals surface area contributed by atoms with Crippen LogP contribution in [0, 0.1) is 5.92 Å². The molecule has 4 heteroatoms. The third-order valence-electron chi connectivity index (χ3n) is 1.97. The maximum Gasteiger partial charge on any atom is 0.222 e. The van der Waals surface area contributed by atoms with Crippen LogP contribution >= 0.6 is 0 Å². The van der Waals surface area contributed by atoms with Gasteiger partial charge in [-0.3, -0.25) is 9.59 Å². The van der Waals surface area contributed by atoms with E-state index in [0.29, 0.717) is 13.1 Å². The van der Waals surface area contributed by atoms with Crippen molar-refractivity contribution in [2.75, 3.05) is 13.1 Å². The second-order valence-corrected chi connectivity index (χ2v) is 3.46. The average Bonchev–Trinajstić information content (AvgIpc) is 2.12. The summed E-state index contributed by atoms with van der Waals surface area (Å²) in [6.45, 7) is 6.44. The zero-order valence-corrected chi connectivity index (χ0v) is 9.22. The van der Waals surface area contributed by atoms with E-state index in [1.54, 1.807) is 0 Å². The average molecular weight is 200 g/mol. The Kier molecular flexibility index (Phi) is 6.80. The topological polar surface area (TPSA) is 58.2 Å². The van der Waals surface area contributed by atoms with E-state index in [4.69, 9.17) is 0 Å². The molecule has 1 atom stereocenters. The van der Waals surface area contributed by atoms with E-state index in [9.17, 15) is 9.59 Å². The molecule has 0 aliphatic rings. The van der Waals surface area contributed by atoms with Crippen LogP contribution in [0.1, 0.15) is 33.6 Å². The minimum absolute atomic E-state index is 0.0669. The van der Waals surface area contributed by atoms with Gasteiger partial charge in [0.25, 0.3) is 0 Å². The largest absolute Gasteiger partial charge is 0.355 e. The van der Waals surface area contributed by atoms with Crippen LogP contribution < -0.4 is 10.6 Å². The molecule has 0 spiro atoms. The lowest BCUT2D eigenvalue weighted by Crippen LogP contribution is -2.36. The van der Waals surface area contributed by atoms with Gasteiger partial charge in [-0.05, 0) is 6.42 Å². The number of nitrogens with one attached hydrogen (secondary N) is 2. The van der Waals surface area contributed by atoms with Gasteiger partial charge in [0.2, 0.25) is 11.8 Å². The van der Waals surface area contributed by atoms with Crippen molar-refractivity contribution in [3.63, 3.8) is 0 Å². The Morgan fingerprint density at radius 1 is 1.21 bits per heavy atom. The van der Waals surface area contributed by atoms with Gasteiger partial charge in [0.05, 0.1) is 0 Å². The van der Waals surface area contributed by atoms with Gasteiger partial charge in [0, 0.05) is 25.9 Å². The first-order valence-electron chi connectivity index (χ1n) is 5.10. The molecule has 0 heterocycles. The fraction of sp³-hybridized carbons (Fsp3) is 0.800. The summed E-state index contributed by atoms with van der Waals surface area (Å²) in [4.78, 5) is 21.9. The summed E-state index contributed by atoms with van der Waals surface area (Å²) >= 11 is 0. The van der Waals surface area contributed by atoms with Gasteiger partial charge in [-0.25, -0.2) is 0 Å². The second-order valence-electron chi connectivity index (χ2n) is 3.46. The standard InChI is InChI=1S/C10H20N2O2/c1-4-5-8(2)10(14)12-7-6-11-9(3)13/h8H,4-7H2,1-3H3,(H,11,13)(H,12,14)/t8-/m0/s1. The molecule has 0 aromatic carbocycles. The highest BCUT2D eigenvalue weighted by atomic mass is 16.2. The minimum Gasteiger partial charge on any atom is -0.355 e. The van der Waals surface area contributed by atoms with Crippen molar-refractivity contribution in [3.8, 4) is 0 Å². The molecular weight excluding hydrogens is 180 g/mol. The molecule has 0 unspecified atom stereocenters. The first-order valence-corrected chi connectivity index (χ1v) is 5.10. The van der Waals surface area contributed by atoms with Crippen LogP contribution in [0.4, 0.5) is 0 Å². The Hall–Kier alpha value is -1.06. The maximum absolute atomic E-state index is 11.4. The molecule has 82 valence electrons. The van der Waals surface area contributed by atoms with Crippen molar-refractivity contribution < 1.29 is 9.59 Å². The quantitative estimate of drug-likeness (QED) is 0.619. The highest BCUT2D eigenvalue weighted by Gasteiger charge is 2.10. The molecule has 0 fully saturated rings. The van der Waals surface area contributed by atoms with E-state index in [-0.39, 0.29) is 17.7 Å². The summed E-state index contributed by atoms with van der Waals surface area (Å²) in [5.41, 5.74) is 0. The summed E-state index contributed by atoms with van der Waals surface area (Å²) in [6, 6.07) is 0. The molecule has 0 radical (unpaired) electrons. The van der Waals surface area contributed by atoms with Gasteiger partial charge in [-0.1, -0.05) is 20.3 Å². The predicted molar refractivity (Wildman–Crippen MR) is 55.8 cm³/mol. The van der Waals surface area contributed by atoms with Crippen LogP contribution in [0.15, 0.2) is 0 Å². The molecule has 14 heavy (non-hydrogen) atoms. The number of carbonyl (C=O) groups excluding carboxylic acids is 2. The van der Waals surface area contributed by atoms with Crippen molar-refractivity contribution in [2.45, 2.75) is 33.6 Å². The van der Waals surface area contributed by atoms with Crippen LogP contribution in [-0.4, -0.2) is 24.9 Å². The van der Waals surface area contributed by atoms with Crippen LogP contribution in [0.25, 0.3) is 0 Å². The van der Waals surface area contributed by atoms with E-state index < -0.39 is 0 Å². The van der Waals surface area contributed by atoms with Gasteiger partial charge < -0.3 is 10.6 Å². The van der Waals surface area contributed by atoms with Crippen molar-refractivity contribution in [3.05, 3.63) is 0 Å². The monoisotopic (exact) mass is 200 g/mol. The Morgan fingerprint density at radius 3 is 2.29 bits per heavy atom. The number of carbonyl (C=O) groups is 2. The van der Waals surface area contributed by atoms with Gasteiger partial charge in [-0.15, -0.1) is 0 Å². The van der Waals surface area contributed by atoms with Gasteiger partial charge >= 0.3 is 0 Å². The summed E-state index contributed by atoms with van der Waals surface area (Å²) < 4.78 is 0. The van der Waals surface area contributed by atoms with Crippen LogP contribution in [0.2, 0.25) is 0 Å². The van der Waals surface area contributed by atoms with Gasteiger partial charge in [0.15, 0.2) is 0 Å². The Bertz CT molecular complexity index is 193. The molecule has 0 aromatic heterocycles. The Balaban J connectivity index is 3.48. The van der Waals surface area contributed by atoms with Crippen molar-refractivity contribution >= 4 is 11.8 Å². The van der Waals surface area contributed by atoms with Gasteiger partial charge in [0.1, 0.15) is 0 Å². The Morgan fingerprint density at radius 2 is 1.79 bits per heavy atom. The van der Waals surface area contributed by atoms with E-state index in [2.05, 4.69) is 17.6 Å². The van der Waals surface area contributed by atoms with E-state index in [1.807, 2.05) is 6.92 Å². The van der Waals surface area contributed by atoms with Crippen LogP contribution in [0.5, 0.6) is 0 Å². The lowest BCUT2D eigenvalue weighted by molar-refractivity contribution is -0.125. The minimum atomic E-state index is -0.0687. The number of rotatable bonds is 6. The maximum atomic E-state index is 11.4. The lowest BCUT2D eigenvalue weighted by atomic mass is 10.1. The summed E-state index contributed by atoms with van der Waals surface area (Å²) in [6.07, 6.45) is 1.92. The van der Waals surface area contributed by atoms with Crippen molar-refractivity contribution in [1.82, 2.24) is 10.6 Å². The molecule has 0 aromatic rings. The second kappa shape index (κ2) is 7.35. The van der Waals surface area contributed by atoms with E-state index in [0.717, 1.165) is 12.8 Å². The molecule has 0 aliphatic heterocycles. The number of hydrogen-bond acceptors (Lipinski definition) is 2. The highest BCUT2D eigenvalue weighted by molar-refractivity contribution is 5.78. The summed E-state index contributed by atoms with van der Waals surface area (Å²) in [7, 11) is 0. The highest BCUT2D eigenvalue weighted by Crippen LogP contribution is 2.03. The van der Waals surface area contributed by atoms with Gasteiger partial charge in [-0.2, -0.15) is 0 Å². The first kappa shape index (κ1) is 12.9. The molecule has 4 nitrogen and oxygen atoms in total. The molecular formula is C10H20N2O2. The predicted octanol–water partition coefficient (Wildman–Crippen LogP) is 0.675. The van der Waals surface area contributed by atoms with Crippen LogP contribution in [-0.2, 0) is 9.59 Å². The molecule has 0 aliphatic carbocycles. The first-order chi connectivity index (χ1) is 6.57. The molecule has 2 N–H and O–H groups in total. The van der Waals surface area contributed by atoms with E-state index in [1.165, 1.54) is 6.92 Å². The molecule has 0 saturated heterocycles. The molecule has 0 bridgehead atoms. The normalized spacial score (nSPS) is 11.9. The fourth-order valence-corrected chi connectivity index (χ4v) is 1.16. The molecule has 2 amide bonds. The lowest BCUT2D eigenvalue weighted by Gasteiger charge is -2.10. The van der Waals surface area contributed by atoms with Crippen LogP contribution in [0.3, 0.4) is 0 Å². The zero-order chi connectivity index (χ0) is 11.0. The van der Waals surface area contributed by atoms with Crippen molar-refractivity contribution in [1.29, 1.82) is 0 Å². The number of hydrogen-bond donors (Lipinski definition) is 2. The summed E-state index contributed by atoms with van der Waals surface area (Å²) in [5, 5.41) is 5.39. The SMILES string of the molecule is CCC[C@H](C)C(=O)NCCNC(C)=O. The number of amides is 2.